The molecule has 0 unspecified atom stereocenters. The number of imidazole rings is 1. The maximum absolute atomic E-state index is 13.1. The van der Waals surface area contributed by atoms with E-state index in [1.807, 2.05) is 0 Å². The van der Waals surface area contributed by atoms with Crippen LogP contribution in [-0.4, -0.2) is 20.5 Å². The third kappa shape index (κ3) is 1.22. The molecule has 72 valence electrons. The summed E-state index contributed by atoms with van der Waals surface area (Å²) in [5.41, 5.74) is -0.117. The summed E-state index contributed by atoms with van der Waals surface area (Å²) in [5.74, 6) is -2.17. The van der Waals surface area contributed by atoms with Crippen molar-refractivity contribution in [2.45, 2.75) is 0 Å². The van der Waals surface area contributed by atoms with Crippen molar-refractivity contribution >= 4 is 23.2 Å². The molecule has 0 radical (unpaired) electrons. The number of carboxylic acids is 1. The molecule has 0 aromatic carbocycles. The first-order chi connectivity index (χ1) is 6.59. The first-order valence-electron chi connectivity index (χ1n) is 3.65. The normalized spacial score (nSPS) is 10.7. The lowest BCUT2D eigenvalue weighted by molar-refractivity contribution is 0.0692. The molecule has 0 atom stereocenters. The van der Waals surface area contributed by atoms with E-state index in [2.05, 4.69) is 4.98 Å². The molecule has 4 nitrogen and oxygen atoms in total. The van der Waals surface area contributed by atoms with Gasteiger partial charge in [0.25, 0.3) is 0 Å². The smallest absolute Gasteiger partial charge is 0.338 e. The number of carboxylic acid groups (broad SMARTS) is 1. The molecule has 0 bridgehead atoms. The van der Waals surface area contributed by atoms with E-state index in [9.17, 15) is 9.18 Å². The number of rotatable bonds is 1. The number of nitrogens with zero attached hydrogens (tertiary/aromatic N) is 2. The summed E-state index contributed by atoms with van der Waals surface area (Å²) in [7, 11) is 0. The summed E-state index contributed by atoms with van der Waals surface area (Å²) in [6.45, 7) is 0. The molecular weight excluding hydrogens is 211 g/mol. The molecule has 6 heteroatoms. The molecule has 2 aromatic heterocycles. The largest absolute Gasteiger partial charge is 0.478 e. The quantitative estimate of drug-likeness (QED) is 0.788. The highest BCUT2D eigenvalue weighted by molar-refractivity contribution is 6.29. The Morgan fingerprint density at radius 1 is 1.64 bits per heavy atom. The Kier molecular flexibility index (Phi) is 1.89. The molecule has 2 rings (SSSR count). The molecule has 0 aliphatic carbocycles. The average Bonchev–Trinajstić information content (AvgIpc) is 2.46. The topological polar surface area (TPSA) is 54.6 Å². The molecule has 14 heavy (non-hydrogen) atoms. The standard InChI is InChI=1S/C8H4ClFN2O2/c9-6-2-11-7-1-4(8(13)14)5(10)3-12(6)7/h1-3H,(H,13,14). The Hall–Kier alpha value is -1.62. The average molecular weight is 215 g/mol. The first kappa shape index (κ1) is 8.96. The lowest BCUT2D eigenvalue weighted by Crippen LogP contribution is -2.02. The van der Waals surface area contributed by atoms with Crippen molar-refractivity contribution in [3.8, 4) is 0 Å². The van der Waals surface area contributed by atoms with Crippen LogP contribution in [0.2, 0.25) is 5.15 Å². The SMILES string of the molecule is O=C(O)c1cc2ncc(Cl)n2cc1F. The Morgan fingerprint density at radius 2 is 2.36 bits per heavy atom. The van der Waals surface area contributed by atoms with Gasteiger partial charge in [0.2, 0.25) is 0 Å². The second kappa shape index (κ2) is 2.95. The van der Waals surface area contributed by atoms with E-state index in [0.29, 0.717) is 5.65 Å². The molecule has 0 saturated heterocycles. The van der Waals surface area contributed by atoms with Gasteiger partial charge in [-0.2, -0.15) is 0 Å². The number of aromatic nitrogens is 2. The molecule has 2 heterocycles. The van der Waals surface area contributed by atoms with Crippen molar-refractivity contribution in [2.24, 2.45) is 0 Å². The molecular formula is C8H4ClFN2O2. The third-order valence-corrected chi connectivity index (χ3v) is 2.06. The van der Waals surface area contributed by atoms with Crippen LogP contribution in [-0.2, 0) is 0 Å². The van der Waals surface area contributed by atoms with Crippen LogP contribution in [0.1, 0.15) is 10.4 Å². The highest BCUT2D eigenvalue weighted by Crippen LogP contribution is 2.16. The predicted octanol–water partition coefficient (Wildman–Crippen LogP) is 1.82. The number of aromatic carboxylic acids is 1. The maximum Gasteiger partial charge on any atom is 0.338 e. The summed E-state index contributed by atoms with van der Waals surface area (Å²) >= 11 is 5.66. The lowest BCUT2D eigenvalue weighted by Gasteiger charge is -1.99. The predicted molar refractivity (Wildman–Crippen MR) is 47.1 cm³/mol. The van der Waals surface area contributed by atoms with Gasteiger partial charge in [-0.3, -0.25) is 4.40 Å². The molecule has 0 spiro atoms. The molecule has 0 amide bonds. The number of halogens is 2. The zero-order valence-electron chi connectivity index (χ0n) is 6.74. The van der Waals surface area contributed by atoms with Crippen LogP contribution in [0.5, 0.6) is 0 Å². The fraction of sp³-hybridized carbons (Fsp3) is 0. The van der Waals surface area contributed by atoms with Crippen LogP contribution in [0, 0.1) is 5.82 Å². The highest BCUT2D eigenvalue weighted by Gasteiger charge is 2.13. The van der Waals surface area contributed by atoms with E-state index >= 15 is 0 Å². The third-order valence-electron chi connectivity index (χ3n) is 1.78. The summed E-state index contributed by atoms with van der Waals surface area (Å²) in [5, 5.41) is 8.85. The second-order valence-corrected chi connectivity index (χ2v) is 3.04. The van der Waals surface area contributed by atoms with Gasteiger partial charge in [0.05, 0.1) is 6.20 Å². The van der Waals surface area contributed by atoms with Crippen LogP contribution in [0.4, 0.5) is 4.39 Å². The number of hydrogen-bond donors (Lipinski definition) is 1. The summed E-state index contributed by atoms with van der Waals surface area (Å²) in [4.78, 5) is 14.4. The highest BCUT2D eigenvalue weighted by atomic mass is 35.5. The zero-order chi connectivity index (χ0) is 10.3. The fourth-order valence-corrected chi connectivity index (χ4v) is 1.32. The number of fused-ring (bicyclic) bond motifs is 1. The minimum atomic E-state index is -1.33. The Bertz CT molecular complexity index is 523. The summed E-state index contributed by atoms with van der Waals surface area (Å²) in [6, 6.07) is 1.13. The van der Waals surface area contributed by atoms with Crippen LogP contribution in [0.15, 0.2) is 18.5 Å². The molecule has 0 aliphatic heterocycles. The van der Waals surface area contributed by atoms with Crippen LogP contribution >= 0.6 is 11.6 Å². The monoisotopic (exact) mass is 214 g/mol. The van der Waals surface area contributed by atoms with Crippen molar-refractivity contribution in [1.29, 1.82) is 0 Å². The molecule has 2 aromatic rings. The first-order valence-corrected chi connectivity index (χ1v) is 4.03. The fourth-order valence-electron chi connectivity index (χ4n) is 1.13. The Balaban J connectivity index is 2.79. The summed E-state index contributed by atoms with van der Waals surface area (Å²) in [6.07, 6.45) is 2.32. The second-order valence-electron chi connectivity index (χ2n) is 2.65. The van der Waals surface area contributed by atoms with E-state index < -0.39 is 17.3 Å². The minimum Gasteiger partial charge on any atom is -0.478 e. The molecule has 0 saturated carbocycles. The number of pyridine rings is 1. The van der Waals surface area contributed by atoms with Crippen molar-refractivity contribution in [3.63, 3.8) is 0 Å². The van der Waals surface area contributed by atoms with Crippen LogP contribution < -0.4 is 0 Å². The number of carbonyl (C=O) groups is 1. The van der Waals surface area contributed by atoms with Gasteiger partial charge in [0.1, 0.15) is 16.4 Å². The zero-order valence-corrected chi connectivity index (χ0v) is 7.49. The van der Waals surface area contributed by atoms with Gasteiger partial charge in [-0.05, 0) is 6.07 Å². The van der Waals surface area contributed by atoms with E-state index in [-0.39, 0.29) is 5.15 Å². The van der Waals surface area contributed by atoms with Gasteiger partial charge in [-0.1, -0.05) is 11.6 Å². The Labute approximate surface area is 82.6 Å². The van der Waals surface area contributed by atoms with Crippen LogP contribution in [0.3, 0.4) is 0 Å². The van der Waals surface area contributed by atoms with Crippen molar-refractivity contribution < 1.29 is 14.3 Å². The van der Waals surface area contributed by atoms with Crippen molar-refractivity contribution in [2.75, 3.05) is 0 Å². The minimum absolute atomic E-state index is 0.232. The van der Waals surface area contributed by atoms with Gasteiger partial charge >= 0.3 is 5.97 Å². The lowest BCUT2D eigenvalue weighted by atomic mass is 10.2. The van der Waals surface area contributed by atoms with Crippen LogP contribution in [0.25, 0.3) is 5.65 Å². The maximum atomic E-state index is 13.1. The Morgan fingerprint density at radius 3 is 3.00 bits per heavy atom. The number of hydrogen-bond acceptors (Lipinski definition) is 2. The van der Waals surface area contributed by atoms with Gasteiger partial charge in [-0.15, -0.1) is 0 Å². The molecule has 1 N–H and O–H groups in total. The van der Waals surface area contributed by atoms with E-state index in [1.165, 1.54) is 10.6 Å². The molecule has 0 fully saturated rings. The van der Waals surface area contributed by atoms with Crippen molar-refractivity contribution in [1.82, 2.24) is 9.38 Å². The summed E-state index contributed by atoms with van der Waals surface area (Å²) < 4.78 is 14.4. The van der Waals surface area contributed by atoms with Gasteiger partial charge in [0, 0.05) is 6.20 Å². The van der Waals surface area contributed by atoms with Gasteiger partial charge in [-0.25, -0.2) is 14.2 Å². The molecule has 0 aliphatic rings. The van der Waals surface area contributed by atoms with Crippen molar-refractivity contribution in [3.05, 3.63) is 35.0 Å². The van der Waals surface area contributed by atoms with Gasteiger partial charge in [0.15, 0.2) is 5.82 Å². The van der Waals surface area contributed by atoms with E-state index in [1.54, 1.807) is 0 Å². The van der Waals surface area contributed by atoms with E-state index in [4.69, 9.17) is 16.7 Å². The van der Waals surface area contributed by atoms with E-state index in [0.717, 1.165) is 12.3 Å². The van der Waals surface area contributed by atoms with Gasteiger partial charge < -0.3 is 5.11 Å².